The molecule has 1 aromatic carbocycles. The maximum atomic E-state index is 6.41. The molecule has 0 aromatic heterocycles. The fraction of sp³-hybridized carbons (Fsp3) is 0.714. The molecule has 3 aliphatic rings. The van der Waals surface area contributed by atoms with Crippen LogP contribution in [-0.4, -0.2) is 18.7 Å². The lowest BCUT2D eigenvalue weighted by Crippen LogP contribution is -2.66. The Bertz CT molecular complexity index is 598. The van der Waals surface area contributed by atoms with Crippen LogP contribution in [-0.2, 0) is 0 Å². The van der Waals surface area contributed by atoms with Gasteiger partial charge in [-0.3, -0.25) is 0 Å². The van der Waals surface area contributed by atoms with Crippen molar-refractivity contribution in [1.29, 1.82) is 0 Å². The van der Waals surface area contributed by atoms with Gasteiger partial charge < -0.3 is 10.1 Å². The molecular formula is C21H31NO. The highest BCUT2D eigenvalue weighted by Crippen LogP contribution is 2.52. The minimum Gasteiger partial charge on any atom is -0.490 e. The summed E-state index contributed by atoms with van der Waals surface area (Å²) >= 11 is 0. The largest absolute Gasteiger partial charge is 0.490 e. The Morgan fingerprint density at radius 3 is 2.57 bits per heavy atom. The van der Waals surface area contributed by atoms with Gasteiger partial charge in [0.05, 0.1) is 6.10 Å². The highest BCUT2D eigenvalue weighted by atomic mass is 16.5. The summed E-state index contributed by atoms with van der Waals surface area (Å²) in [6.07, 6.45) is 6.85. The van der Waals surface area contributed by atoms with Crippen LogP contribution in [0.5, 0.6) is 5.75 Å². The van der Waals surface area contributed by atoms with E-state index in [-0.39, 0.29) is 0 Å². The van der Waals surface area contributed by atoms with E-state index in [1.807, 2.05) is 0 Å². The lowest BCUT2D eigenvalue weighted by atomic mass is 9.62. The third kappa shape index (κ3) is 2.80. The summed E-state index contributed by atoms with van der Waals surface area (Å²) in [4.78, 5) is 0. The zero-order valence-corrected chi connectivity index (χ0v) is 15.1. The first-order valence-electron chi connectivity index (χ1n) is 9.38. The second-order valence-electron chi connectivity index (χ2n) is 9.32. The number of nitrogens with one attached hydrogen (secondary N) is 1. The number of benzene rings is 1. The second kappa shape index (κ2) is 5.24. The molecule has 2 heteroatoms. The van der Waals surface area contributed by atoms with E-state index in [0.717, 1.165) is 11.7 Å². The van der Waals surface area contributed by atoms with Gasteiger partial charge in [0.25, 0.3) is 0 Å². The predicted molar refractivity (Wildman–Crippen MR) is 95.1 cm³/mol. The van der Waals surface area contributed by atoms with Gasteiger partial charge in [-0.2, -0.15) is 0 Å². The molecule has 2 nitrogen and oxygen atoms in total. The molecule has 3 atom stereocenters. The van der Waals surface area contributed by atoms with Gasteiger partial charge in [-0.15, -0.1) is 0 Å². The van der Waals surface area contributed by atoms with E-state index in [4.69, 9.17) is 4.74 Å². The molecule has 0 bridgehead atoms. The van der Waals surface area contributed by atoms with Crippen LogP contribution in [0.25, 0.3) is 0 Å². The molecule has 4 rings (SSSR count). The Morgan fingerprint density at radius 2 is 1.96 bits per heavy atom. The fourth-order valence-corrected chi connectivity index (χ4v) is 5.07. The molecule has 2 aliphatic carbocycles. The van der Waals surface area contributed by atoms with Crippen LogP contribution in [0.15, 0.2) is 18.2 Å². The molecule has 1 saturated heterocycles. The molecule has 2 saturated carbocycles. The summed E-state index contributed by atoms with van der Waals surface area (Å²) in [6, 6.07) is 7.38. The molecule has 1 N–H and O–H groups in total. The standard InChI is InChI=1S/C21H31NO/c1-14-5-8-16(11-18(14)15-6-7-15)23-17-9-10-21(12-17)13-22-19(21)20(2,3)4/h5,8,11,15,17,19,22H,6-7,9-10,12-13H2,1-4H3. The van der Waals surface area contributed by atoms with Crippen LogP contribution in [0, 0.1) is 17.8 Å². The monoisotopic (exact) mass is 313 g/mol. The fourth-order valence-electron chi connectivity index (χ4n) is 5.07. The van der Waals surface area contributed by atoms with Crippen molar-refractivity contribution in [2.75, 3.05) is 6.54 Å². The number of hydrogen-bond acceptors (Lipinski definition) is 2. The molecule has 1 heterocycles. The molecule has 23 heavy (non-hydrogen) atoms. The third-order valence-electron chi connectivity index (χ3n) is 6.31. The summed E-state index contributed by atoms with van der Waals surface area (Å²) < 4.78 is 6.41. The highest BCUT2D eigenvalue weighted by molar-refractivity contribution is 5.39. The van der Waals surface area contributed by atoms with Gasteiger partial charge in [0, 0.05) is 18.0 Å². The first-order chi connectivity index (χ1) is 10.9. The lowest BCUT2D eigenvalue weighted by molar-refractivity contribution is 0.00372. The average molecular weight is 313 g/mol. The maximum Gasteiger partial charge on any atom is 0.120 e. The summed E-state index contributed by atoms with van der Waals surface area (Å²) in [5.74, 6) is 1.90. The summed E-state index contributed by atoms with van der Waals surface area (Å²) in [7, 11) is 0. The van der Waals surface area contributed by atoms with E-state index < -0.39 is 0 Å². The van der Waals surface area contributed by atoms with Crippen molar-refractivity contribution in [3.63, 3.8) is 0 Å². The Morgan fingerprint density at radius 1 is 1.17 bits per heavy atom. The number of aryl methyl sites for hydroxylation is 1. The number of rotatable bonds is 3. The van der Waals surface area contributed by atoms with Crippen LogP contribution >= 0.6 is 0 Å². The van der Waals surface area contributed by atoms with Crippen LogP contribution in [0.1, 0.15) is 69.9 Å². The Hall–Kier alpha value is -1.02. The van der Waals surface area contributed by atoms with Gasteiger partial charge in [-0.05, 0) is 73.6 Å². The van der Waals surface area contributed by atoms with Crippen LogP contribution in [0.4, 0.5) is 0 Å². The minimum atomic E-state index is 0.343. The molecule has 3 fully saturated rings. The lowest BCUT2D eigenvalue weighted by Gasteiger charge is -2.54. The van der Waals surface area contributed by atoms with Gasteiger partial charge in [-0.25, -0.2) is 0 Å². The van der Waals surface area contributed by atoms with Crippen molar-refractivity contribution in [2.45, 2.75) is 77.9 Å². The van der Waals surface area contributed by atoms with Crippen molar-refractivity contribution < 1.29 is 4.74 Å². The van der Waals surface area contributed by atoms with Gasteiger partial charge in [0.1, 0.15) is 5.75 Å². The summed E-state index contributed by atoms with van der Waals surface area (Å²) in [6.45, 7) is 10.5. The van der Waals surface area contributed by atoms with Gasteiger partial charge in [0.2, 0.25) is 0 Å². The minimum absolute atomic E-state index is 0.343. The first-order valence-corrected chi connectivity index (χ1v) is 9.38. The maximum absolute atomic E-state index is 6.41. The normalized spacial score (nSPS) is 33.7. The van der Waals surface area contributed by atoms with E-state index in [9.17, 15) is 0 Å². The van der Waals surface area contributed by atoms with Gasteiger partial charge in [0.15, 0.2) is 0 Å². The summed E-state index contributed by atoms with van der Waals surface area (Å²) in [5.41, 5.74) is 3.77. The average Bonchev–Trinajstić information content (AvgIpc) is 3.18. The topological polar surface area (TPSA) is 21.3 Å². The van der Waals surface area contributed by atoms with Crippen molar-refractivity contribution in [2.24, 2.45) is 10.8 Å². The number of hydrogen-bond donors (Lipinski definition) is 1. The highest BCUT2D eigenvalue weighted by Gasteiger charge is 2.55. The molecule has 1 aromatic rings. The molecule has 1 spiro atoms. The van der Waals surface area contributed by atoms with E-state index in [1.165, 1.54) is 49.8 Å². The molecule has 1 aliphatic heterocycles. The molecule has 0 radical (unpaired) electrons. The predicted octanol–water partition coefficient (Wildman–Crippen LogP) is 4.81. The molecule has 0 amide bonds. The van der Waals surface area contributed by atoms with Crippen molar-refractivity contribution in [3.05, 3.63) is 29.3 Å². The van der Waals surface area contributed by atoms with Crippen molar-refractivity contribution in [1.82, 2.24) is 5.32 Å². The van der Waals surface area contributed by atoms with E-state index in [0.29, 0.717) is 23.0 Å². The van der Waals surface area contributed by atoms with Crippen LogP contribution in [0.3, 0.4) is 0 Å². The van der Waals surface area contributed by atoms with E-state index in [2.05, 4.69) is 51.2 Å². The Kier molecular flexibility index (Phi) is 3.53. The molecule has 126 valence electrons. The van der Waals surface area contributed by atoms with Gasteiger partial charge in [-0.1, -0.05) is 26.8 Å². The third-order valence-corrected chi connectivity index (χ3v) is 6.31. The summed E-state index contributed by atoms with van der Waals surface area (Å²) in [5, 5.41) is 3.69. The molecule has 3 unspecified atom stereocenters. The smallest absolute Gasteiger partial charge is 0.120 e. The Labute approximate surface area is 141 Å². The van der Waals surface area contributed by atoms with Gasteiger partial charge >= 0.3 is 0 Å². The zero-order valence-electron chi connectivity index (χ0n) is 15.1. The number of ether oxygens (including phenoxy) is 1. The van der Waals surface area contributed by atoms with Crippen molar-refractivity contribution in [3.8, 4) is 5.75 Å². The van der Waals surface area contributed by atoms with Crippen LogP contribution in [0.2, 0.25) is 0 Å². The second-order valence-corrected chi connectivity index (χ2v) is 9.32. The van der Waals surface area contributed by atoms with Crippen molar-refractivity contribution >= 4 is 0 Å². The van der Waals surface area contributed by atoms with E-state index in [1.54, 1.807) is 0 Å². The Balaban J connectivity index is 1.44. The van der Waals surface area contributed by atoms with Crippen LogP contribution < -0.4 is 10.1 Å². The zero-order chi connectivity index (χ0) is 16.2. The SMILES string of the molecule is Cc1ccc(OC2CCC3(CNC3C(C)(C)C)C2)cc1C1CC1. The quantitative estimate of drug-likeness (QED) is 0.865. The molecular weight excluding hydrogens is 282 g/mol. The van der Waals surface area contributed by atoms with E-state index >= 15 is 0 Å². The first kappa shape index (κ1) is 15.5.